The summed E-state index contributed by atoms with van der Waals surface area (Å²) in [6.45, 7) is 2.08. The van der Waals surface area contributed by atoms with E-state index in [1.54, 1.807) is 0 Å². The molecule has 1 heteroatoms. The number of rotatable bonds is 9. The molecule has 0 bridgehead atoms. The molecule has 0 N–H and O–H groups in total. The van der Waals surface area contributed by atoms with Crippen LogP contribution in [0.15, 0.2) is 12.2 Å². The van der Waals surface area contributed by atoms with E-state index in [4.69, 9.17) is 5.26 Å². The van der Waals surface area contributed by atoms with Crippen molar-refractivity contribution in [3.63, 3.8) is 0 Å². The Hall–Kier alpha value is -0.770. The minimum absolute atomic E-state index is 0.737. The maximum Gasteiger partial charge on any atom is 0.0621 e. The van der Waals surface area contributed by atoms with Gasteiger partial charge in [0.15, 0.2) is 0 Å². The summed E-state index contributed by atoms with van der Waals surface area (Å²) in [5.74, 6) is 0. The van der Waals surface area contributed by atoms with Crippen LogP contribution in [0.4, 0.5) is 0 Å². The molecule has 0 aromatic heterocycles. The molecule has 0 atom stereocenters. The smallest absolute Gasteiger partial charge is 0.0621 e. The standard InChI is InChI=1S/C13H23N/c1-2-3-4-5-6-7-8-9-10-11-12-13-14/h2-3H,4-12H2,1H3/b3-2+. The van der Waals surface area contributed by atoms with Crippen molar-refractivity contribution in [2.75, 3.05) is 0 Å². The topological polar surface area (TPSA) is 23.8 Å². The van der Waals surface area contributed by atoms with Crippen LogP contribution in [-0.4, -0.2) is 0 Å². The van der Waals surface area contributed by atoms with Crippen LogP contribution in [0.5, 0.6) is 0 Å². The molecule has 0 aliphatic rings. The number of nitriles is 1. The second kappa shape index (κ2) is 12.2. The van der Waals surface area contributed by atoms with Crippen LogP contribution in [0.1, 0.15) is 64.7 Å². The summed E-state index contributed by atoms with van der Waals surface area (Å²) in [4.78, 5) is 0. The Kier molecular flexibility index (Phi) is 11.6. The summed E-state index contributed by atoms with van der Waals surface area (Å²) in [5, 5.41) is 8.33. The minimum atomic E-state index is 0.737. The fraction of sp³-hybridized carbons (Fsp3) is 0.769. The fourth-order valence-corrected chi connectivity index (χ4v) is 1.52. The second-order valence-corrected chi connectivity index (χ2v) is 3.74. The van der Waals surface area contributed by atoms with Crippen molar-refractivity contribution in [1.29, 1.82) is 5.26 Å². The molecule has 0 amide bonds. The molecule has 1 nitrogen and oxygen atoms in total. The van der Waals surface area contributed by atoms with Crippen LogP contribution in [0.25, 0.3) is 0 Å². The quantitative estimate of drug-likeness (QED) is 0.388. The van der Waals surface area contributed by atoms with E-state index in [1.807, 2.05) is 0 Å². The van der Waals surface area contributed by atoms with E-state index in [1.165, 1.54) is 44.9 Å². The molecule has 0 fully saturated rings. The molecule has 0 heterocycles. The SMILES string of the molecule is C/C=C/CCCCCCCCCC#N. The number of allylic oxidation sites excluding steroid dienone is 2. The van der Waals surface area contributed by atoms with Gasteiger partial charge in [-0.2, -0.15) is 5.26 Å². The summed E-state index contributed by atoms with van der Waals surface area (Å²) in [6.07, 6.45) is 15.4. The lowest BCUT2D eigenvalue weighted by Gasteiger charge is -1.99. The van der Waals surface area contributed by atoms with Gasteiger partial charge in [0.25, 0.3) is 0 Å². The van der Waals surface area contributed by atoms with E-state index in [-0.39, 0.29) is 0 Å². The van der Waals surface area contributed by atoms with Gasteiger partial charge in [-0.3, -0.25) is 0 Å². The zero-order valence-electron chi connectivity index (χ0n) is 9.47. The van der Waals surface area contributed by atoms with Crippen LogP contribution >= 0.6 is 0 Å². The van der Waals surface area contributed by atoms with Crippen LogP contribution < -0.4 is 0 Å². The van der Waals surface area contributed by atoms with Crippen molar-refractivity contribution in [2.45, 2.75) is 64.7 Å². The fourth-order valence-electron chi connectivity index (χ4n) is 1.52. The van der Waals surface area contributed by atoms with Gasteiger partial charge >= 0.3 is 0 Å². The molecule has 0 aromatic carbocycles. The van der Waals surface area contributed by atoms with Gasteiger partial charge in [-0.1, -0.05) is 44.3 Å². The first-order valence-electron chi connectivity index (χ1n) is 5.90. The zero-order chi connectivity index (χ0) is 10.5. The Morgan fingerprint density at radius 1 is 0.929 bits per heavy atom. The Labute approximate surface area is 88.8 Å². The summed E-state index contributed by atoms with van der Waals surface area (Å²) >= 11 is 0. The summed E-state index contributed by atoms with van der Waals surface area (Å²) in [6, 6.07) is 2.19. The van der Waals surface area contributed by atoms with Gasteiger partial charge in [0.05, 0.1) is 6.07 Å². The first-order chi connectivity index (χ1) is 6.91. The maximum atomic E-state index is 8.33. The van der Waals surface area contributed by atoms with Crippen LogP contribution in [0.2, 0.25) is 0 Å². The molecule has 0 aliphatic heterocycles. The third-order valence-corrected chi connectivity index (χ3v) is 2.40. The average molecular weight is 193 g/mol. The molecular weight excluding hydrogens is 170 g/mol. The zero-order valence-corrected chi connectivity index (χ0v) is 9.47. The molecule has 0 saturated heterocycles. The van der Waals surface area contributed by atoms with Crippen molar-refractivity contribution in [3.05, 3.63) is 12.2 Å². The molecule has 0 rings (SSSR count). The average Bonchev–Trinajstić information content (AvgIpc) is 2.21. The Morgan fingerprint density at radius 3 is 2.07 bits per heavy atom. The molecule has 14 heavy (non-hydrogen) atoms. The van der Waals surface area contributed by atoms with Crippen LogP contribution in [0, 0.1) is 11.3 Å². The molecule has 0 aliphatic carbocycles. The van der Waals surface area contributed by atoms with Gasteiger partial charge in [-0.25, -0.2) is 0 Å². The highest BCUT2D eigenvalue weighted by molar-refractivity contribution is 4.76. The molecular formula is C13H23N. The van der Waals surface area contributed by atoms with Gasteiger partial charge in [-0.05, 0) is 26.2 Å². The number of unbranched alkanes of at least 4 members (excludes halogenated alkanes) is 8. The van der Waals surface area contributed by atoms with Crippen LogP contribution in [0.3, 0.4) is 0 Å². The lowest BCUT2D eigenvalue weighted by atomic mass is 10.1. The lowest BCUT2D eigenvalue weighted by Crippen LogP contribution is -1.80. The molecule has 0 radical (unpaired) electrons. The number of hydrogen-bond donors (Lipinski definition) is 0. The van der Waals surface area contributed by atoms with Crippen molar-refractivity contribution in [2.24, 2.45) is 0 Å². The third kappa shape index (κ3) is 11.2. The molecule has 0 unspecified atom stereocenters. The Balaban J connectivity index is 2.89. The van der Waals surface area contributed by atoms with Crippen molar-refractivity contribution in [1.82, 2.24) is 0 Å². The van der Waals surface area contributed by atoms with Crippen molar-refractivity contribution in [3.8, 4) is 6.07 Å². The van der Waals surface area contributed by atoms with Gasteiger partial charge in [0, 0.05) is 6.42 Å². The van der Waals surface area contributed by atoms with Gasteiger partial charge in [0.1, 0.15) is 0 Å². The summed E-state index contributed by atoms with van der Waals surface area (Å²) in [7, 11) is 0. The first-order valence-corrected chi connectivity index (χ1v) is 5.90. The van der Waals surface area contributed by atoms with Crippen LogP contribution in [-0.2, 0) is 0 Å². The molecule has 0 saturated carbocycles. The maximum absolute atomic E-state index is 8.33. The van der Waals surface area contributed by atoms with Crippen molar-refractivity contribution >= 4 is 0 Å². The van der Waals surface area contributed by atoms with E-state index < -0.39 is 0 Å². The van der Waals surface area contributed by atoms with E-state index in [0.29, 0.717) is 0 Å². The predicted molar refractivity (Wildman–Crippen MR) is 62.0 cm³/mol. The third-order valence-electron chi connectivity index (χ3n) is 2.40. The molecule has 80 valence electrons. The highest BCUT2D eigenvalue weighted by atomic mass is 14.2. The Morgan fingerprint density at radius 2 is 1.50 bits per heavy atom. The van der Waals surface area contributed by atoms with Gasteiger partial charge in [0.2, 0.25) is 0 Å². The van der Waals surface area contributed by atoms with Gasteiger partial charge in [-0.15, -0.1) is 0 Å². The molecule has 0 aromatic rings. The lowest BCUT2D eigenvalue weighted by molar-refractivity contribution is 0.584. The monoisotopic (exact) mass is 193 g/mol. The van der Waals surface area contributed by atoms with E-state index in [9.17, 15) is 0 Å². The van der Waals surface area contributed by atoms with Gasteiger partial charge < -0.3 is 0 Å². The first kappa shape index (κ1) is 13.2. The molecule has 0 spiro atoms. The predicted octanol–water partition coefficient (Wildman–Crippen LogP) is 4.60. The number of nitrogens with zero attached hydrogens (tertiary/aromatic N) is 1. The van der Waals surface area contributed by atoms with Crippen molar-refractivity contribution < 1.29 is 0 Å². The van der Waals surface area contributed by atoms with E-state index in [0.717, 1.165) is 12.8 Å². The highest BCUT2D eigenvalue weighted by Gasteiger charge is 1.90. The normalized spacial score (nSPS) is 10.6. The number of hydrogen-bond acceptors (Lipinski definition) is 1. The van der Waals surface area contributed by atoms with E-state index in [2.05, 4.69) is 25.1 Å². The highest BCUT2D eigenvalue weighted by Crippen LogP contribution is 2.09. The Bertz CT molecular complexity index is 165. The largest absolute Gasteiger partial charge is 0.198 e. The summed E-state index contributed by atoms with van der Waals surface area (Å²) in [5.41, 5.74) is 0. The summed E-state index contributed by atoms with van der Waals surface area (Å²) < 4.78 is 0. The van der Waals surface area contributed by atoms with E-state index >= 15 is 0 Å². The second-order valence-electron chi connectivity index (χ2n) is 3.74. The minimum Gasteiger partial charge on any atom is -0.198 e.